The molecule has 0 spiro atoms. The van der Waals surface area contributed by atoms with Gasteiger partial charge in [-0.3, -0.25) is 41.6 Å². The molecule has 29 nitrogen and oxygen atoms in total. The van der Waals surface area contributed by atoms with E-state index in [1.807, 2.05) is 0 Å². The number of nitrogens with zero attached hydrogens (tertiary/aromatic N) is 8. The maximum Gasteiger partial charge on any atom is 0.472 e. The zero-order chi connectivity index (χ0) is 52.8. The number of ether oxygens (including phenoxy) is 7. The SMILES string of the molecule is COC(=O)C1O[C@@H](Oc2ccc(CSP3(=O)OC[C@H]4O[C@@H](n5cnc6c(N)ncnc65)[C@H](F)[C@@H]4OP(=O)(O)OC[C@H]4O[C@@H](n5cnc6c(O)ncnc65)C[C@@H]4O3)cc2CC(C)=O)C(OC(C)=O)C(OC(C)=O)[C@@H]1O. The van der Waals surface area contributed by atoms with E-state index in [2.05, 4.69) is 29.9 Å². The van der Waals surface area contributed by atoms with E-state index in [0.29, 0.717) is 16.9 Å². The summed E-state index contributed by atoms with van der Waals surface area (Å²) in [7, 11) is -4.15. The first-order chi connectivity index (χ1) is 35.2. The van der Waals surface area contributed by atoms with Gasteiger partial charge in [-0.25, -0.2) is 43.2 Å². The lowest BCUT2D eigenvalue weighted by molar-refractivity contribution is -0.279. The fourth-order valence-electron chi connectivity index (χ4n) is 8.59. The summed E-state index contributed by atoms with van der Waals surface area (Å²) in [4.78, 5) is 85.1. The van der Waals surface area contributed by atoms with Gasteiger partial charge in [-0.2, -0.15) is 4.98 Å². The molecule has 398 valence electrons. The van der Waals surface area contributed by atoms with E-state index >= 15 is 8.96 Å². The zero-order valence-corrected chi connectivity index (χ0v) is 41.7. The number of ketones is 1. The number of nitrogens with two attached hydrogens (primary N) is 1. The standard InChI is InChI=1S/C41H46FN9O20P2S/c1-17(52)7-21-8-20(5-6-22(21)68-41-34(65-19(3)54)32(64-18(2)53)30(55)33(69-41)40(57)61-4)12-74-73(60)63-11-25-31(27(42)39(67-25)51-16-48-28-35(43)44-13-45-36(28)51)71-72(58,59)62-10-24-23(70-73)9-26(66-24)50-15-49-29-37(50)46-14-47-38(29)56/h5-6,8,13-16,23-27,30-34,39,41,55H,7,9-12H2,1-4H3,(H,58,59)(H2,43,44,45)(H,46,47,56)/t23-,24+,25+,26+,27+,30-,31+,32?,33?,34?,39+,41+,73?/m0/s1. The average Bonchev–Trinajstić information content (AvgIpc) is 4.14. The van der Waals surface area contributed by atoms with Crippen molar-refractivity contribution in [3.63, 3.8) is 0 Å². The molecule has 5 aromatic rings. The summed E-state index contributed by atoms with van der Waals surface area (Å²) in [5, 5.41) is 21.3. The van der Waals surface area contributed by atoms with E-state index in [0.717, 1.165) is 33.6 Å². The minimum absolute atomic E-state index is 0.0219. The van der Waals surface area contributed by atoms with Gasteiger partial charge in [0.25, 0.3) is 0 Å². The molecular weight excluding hydrogens is 1050 g/mol. The molecule has 14 atom stereocenters. The Hall–Kier alpha value is -5.82. The zero-order valence-electron chi connectivity index (χ0n) is 39.1. The van der Waals surface area contributed by atoms with Crippen molar-refractivity contribution in [3.8, 4) is 11.6 Å². The molecule has 74 heavy (non-hydrogen) atoms. The number of aliphatic hydroxyl groups is 1. The highest BCUT2D eigenvalue weighted by Gasteiger charge is 2.55. The van der Waals surface area contributed by atoms with Gasteiger partial charge in [-0.1, -0.05) is 12.1 Å². The van der Waals surface area contributed by atoms with Gasteiger partial charge in [0.2, 0.25) is 18.3 Å². The van der Waals surface area contributed by atoms with Crippen LogP contribution in [0.5, 0.6) is 11.6 Å². The summed E-state index contributed by atoms with van der Waals surface area (Å²) in [5.74, 6) is -3.94. The van der Waals surface area contributed by atoms with Crippen molar-refractivity contribution >= 4 is 77.8 Å². The molecule has 4 aliphatic rings. The fourth-order valence-corrected chi connectivity index (χ4v) is 13.0. The monoisotopic (exact) mass is 1100 g/mol. The van der Waals surface area contributed by atoms with Gasteiger partial charge in [0.1, 0.15) is 66.5 Å². The first kappa shape index (κ1) is 53.0. The Kier molecular flexibility index (Phi) is 15.4. The third-order valence-corrected chi connectivity index (χ3v) is 16.5. The van der Waals surface area contributed by atoms with Crippen LogP contribution in [0.15, 0.2) is 43.5 Å². The fraction of sp³-hybridized carbons (Fsp3) is 0.512. The van der Waals surface area contributed by atoms with E-state index in [9.17, 15) is 38.8 Å². The molecule has 4 aromatic heterocycles. The number of aromatic hydroxyl groups is 1. The Bertz CT molecular complexity index is 3070. The molecule has 0 bridgehead atoms. The van der Waals surface area contributed by atoms with Crippen molar-refractivity contribution in [1.82, 2.24) is 39.0 Å². The Morgan fingerprint density at radius 2 is 1.55 bits per heavy atom. The summed E-state index contributed by atoms with van der Waals surface area (Å²) in [5.41, 5.74) is 6.85. The summed E-state index contributed by atoms with van der Waals surface area (Å²) >= 11 is 0.647. The number of carbonyl (C=O) groups excluding carboxylic acids is 4. The molecule has 33 heteroatoms. The largest absolute Gasteiger partial charge is 0.492 e. The molecule has 5 N–H and O–H groups in total. The Morgan fingerprint density at radius 1 is 0.865 bits per heavy atom. The third kappa shape index (κ3) is 11.1. The van der Waals surface area contributed by atoms with Crippen LogP contribution in [0.1, 0.15) is 50.8 Å². The quantitative estimate of drug-likeness (QED) is 0.0789. The number of anilines is 1. The maximum absolute atomic E-state index is 16.7. The molecule has 4 fully saturated rings. The van der Waals surface area contributed by atoms with E-state index < -0.39 is 125 Å². The molecular formula is C41H46FN9O20P2S. The Balaban J connectivity index is 1.02. The van der Waals surface area contributed by atoms with Crippen LogP contribution in [-0.4, -0.2) is 159 Å². The van der Waals surface area contributed by atoms with Crippen LogP contribution < -0.4 is 10.5 Å². The van der Waals surface area contributed by atoms with Crippen molar-refractivity contribution in [2.24, 2.45) is 0 Å². The molecule has 0 aliphatic carbocycles. The second-order valence-electron chi connectivity index (χ2n) is 17.0. The molecule has 1 aromatic carbocycles. The number of fused-ring (bicyclic) bond motifs is 4. The van der Waals surface area contributed by atoms with Gasteiger partial charge in [0.15, 0.2) is 47.2 Å². The van der Waals surface area contributed by atoms with Crippen molar-refractivity contribution in [2.45, 2.75) is 113 Å². The number of aromatic nitrogens is 8. The number of hydrogen-bond donors (Lipinski definition) is 4. The highest BCUT2D eigenvalue weighted by molar-refractivity contribution is 8.54. The van der Waals surface area contributed by atoms with Gasteiger partial charge in [0, 0.05) is 38.0 Å². The van der Waals surface area contributed by atoms with E-state index in [1.165, 1.54) is 46.9 Å². The van der Waals surface area contributed by atoms with Crippen LogP contribution in [-0.2, 0) is 87.0 Å². The van der Waals surface area contributed by atoms with Gasteiger partial charge in [0.05, 0.1) is 33.0 Å². The van der Waals surface area contributed by atoms with Crippen LogP contribution in [0.2, 0.25) is 0 Å². The molecule has 4 saturated heterocycles. The molecule has 0 saturated carbocycles. The normalized spacial score (nSPS) is 32.4. The summed E-state index contributed by atoms with van der Waals surface area (Å²) in [6.45, 7) is -2.73. The smallest absolute Gasteiger partial charge is 0.472 e. The summed E-state index contributed by atoms with van der Waals surface area (Å²) in [6.07, 6.45) is -15.4. The minimum Gasteiger partial charge on any atom is -0.492 e. The number of methoxy groups -OCH3 is 1. The lowest BCUT2D eigenvalue weighted by atomic mass is 9.98. The third-order valence-electron chi connectivity index (χ3n) is 11.8. The number of benzene rings is 1. The van der Waals surface area contributed by atoms with E-state index in [1.54, 1.807) is 0 Å². The number of rotatable bonds is 12. The van der Waals surface area contributed by atoms with Crippen LogP contribution in [0.4, 0.5) is 10.2 Å². The predicted molar refractivity (Wildman–Crippen MR) is 244 cm³/mol. The van der Waals surface area contributed by atoms with Gasteiger partial charge in [-0.15, -0.1) is 0 Å². The van der Waals surface area contributed by atoms with Crippen LogP contribution >= 0.6 is 26.0 Å². The highest BCUT2D eigenvalue weighted by atomic mass is 32.7. The molecule has 5 unspecified atom stereocenters. The molecule has 0 amide bonds. The Labute approximate surface area is 420 Å². The number of Topliss-reactive ketones (excluding diaryl/α,β-unsaturated/α-hetero) is 1. The van der Waals surface area contributed by atoms with Gasteiger partial charge >= 0.3 is 32.5 Å². The topological polar surface area (TPSA) is 378 Å². The number of esters is 3. The molecule has 8 heterocycles. The molecule has 0 radical (unpaired) electrons. The van der Waals surface area contributed by atoms with Gasteiger partial charge < -0.3 is 54.0 Å². The molecule has 4 aliphatic heterocycles. The maximum atomic E-state index is 16.7. The van der Waals surface area contributed by atoms with Crippen molar-refractivity contribution in [3.05, 3.63) is 54.6 Å². The van der Waals surface area contributed by atoms with Crippen molar-refractivity contribution in [1.29, 1.82) is 0 Å². The van der Waals surface area contributed by atoms with Crippen LogP contribution in [0, 0.1) is 0 Å². The first-order valence-corrected chi connectivity index (χ1v) is 26.9. The number of phosphoric acid groups is 1. The van der Waals surface area contributed by atoms with E-state index in [-0.39, 0.29) is 63.8 Å². The highest BCUT2D eigenvalue weighted by Crippen LogP contribution is 2.65. The van der Waals surface area contributed by atoms with Crippen molar-refractivity contribution < 1.29 is 99.1 Å². The van der Waals surface area contributed by atoms with Crippen molar-refractivity contribution in [2.75, 3.05) is 26.1 Å². The minimum atomic E-state index is -5.17. The van der Waals surface area contributed by atoms with Crippen LogP contribution in [0.3, 0.4) is 0 Å². The van der Waals surface area contributed by atoms with Gasteiger partial charge in [-0.05, 0) is 29.9 Å². The number of carbonyl (C=O) groups is 4. The lowest BCUT2D eigenvalue weighted by Gasteiger charge is -2.42. The molecule has 9 rings (SSSR count). The predicted octanol–water partition coefficient (Wildman–Crippen LogP) is 2.07. The average molecular weight is 1100 g/mol. The Morgan fingerprint density at radius 3 is 2.28 bits per heavy atom. The lowest BCUT2D eigenvalue weighted by Crippen LogP contribution is -2.63. The second-order valence-corrected chi connectivity index (χ2v) is 22.4. The number of hydrogen-bond acceptors (Lipinski definition) is 27. The van der Waals surface area contributed by atoms with Crippen LogP contribution in [0.25, 0.3) is 22.3 Å². The number of imidazole rings is 2. The number of phosphoric ester groups is 1. The number of alkyl halides is 1. The second kappa shape index (κ2) is 21.4. The number of nitrogen functional groups attached to an aromatic ring is 1. The first-order valence-electron chi connectivity index (χ1n) is 22.2. The van der Waals surface area contributed by atoms with E-state index in [4.69, 9.17) is 57.0 Å². The summed E-state index contributed by atoms with van der Waals surface area (Å²) in [6, 6.07) is 4.39. The number of aliphatic hydroxyl groups excluding tert-OH is 1. The number of halogens is 1. The summed E-state index contributed by atoms with van der Waals surface area (Å²) < 4.78 is 111.